The highest BCUT2D eigenvalue weighted by Crippen LogP contribution is 2.23. The zero-order valence-corrected chi connectivity index (χ0v) is 13.5. The number of nitrogens with one attached hydrogen (secondary N) is 2. The molecule has 1 fully saturated rings. The SMILES string of the molecule is CN(Cc1cc(-c2cccs2)n[nH]1)CC1(O)CNCCOC1. The molecule has 3 N–H and O–H groups in total. The lowest BCUT2D eigenvalue weighted by molar-refractivity contribution is -0.0463. The van der Waals surface area contributed by atoms with Crippen LogP contribution in [0.5, 0.6) is 0 Å². The Morgan fingerprint density at radius 1 is 1.55 bits per heavy atom. The molecule has 120 valence electrons. The molecule has 1 aliphatic heterocycles. The number of hydrogen-bond acceptors (Lipinski definition) is 6. The van der Waals surface area contributed by atoms with E-state index in [1.165, 1.54) is 0 Å². The van der Waals surface area contributed by atoms with Gasteiger partial charge in [0.1, 0.15) is 11.3 Å². The van der Waals surface area contributed by atoms with E-state index in [4.69, 9.17) is 4.74 Å². The predicted molar refractivity (Wildman–Crippen MR) is 86.9 cm³/mol. The van der Waals surface area contributed by atoms with Gasteiger partial charge in [-0.3, -0.25) is 10.00 Å². The van der Waals surface area contributed by atoms with E-state index in [0.717, 1.165) is 22.8 Å². The second kappa shape index (κ2) is 6.89. The van der Waals surface area contributed by atoms with E-state index in [0.29, 0.717) is 32.8 Å². The normalized spacial score (nSPS) is 22.9. The van der Waals surface area contributed by atoms with Gasteiger partial charge in [0.15, 0.2) is 0 Å². The number of hydrogen-bond donors (Lipinski definition) is 3. The Labute approximate surface area is 134 Å². The van der Waals surface area contributed by atoms with Crippen molar-refractivity contribution in [2.45, 2.75) is 12.1 Å². The first-order valence-corrected chi connectivity index (χ1v) is 8.30. The lowest BCUT2D eigenvalue weighted by Gasteiger charge is -2.30. The van der Waals surface area contributed by atoms with Crippen LogP contribution >= 0.6 is 11.3 Å². The molecule has 1 unspecified atom stereocenters. The van der Waals surface area contributed by atoms with Gasteiger partial charge in [-0.25, -0.2) is 0 Å². The number of thiophene rings is 1. The molecule has 3 rings (SSSR count). The number of aliphatic hydroxyl groups is 1. The van der Waals surface area contributed by atoms with Crippen LogP contribution in [0, 0.1) is 0 Å². The second-order valence-electron chi connectivity index (χ2n) is 5.88. The molecule has 0 amide bonds. The van der Waals surface area contributed by atoms with Crippen LogP contribution < -0.4 is 5.32 Å². The van der Waals surface area contributed by atoms with Crippen molar-refractivity contribution in [3.8, 4) is 10.6 Å². The van der Waals surface area contributed by atoms with Gasteiger partial charge in [0.2, 0.25) is 0 Å². The molecule has 22 heavy (non-hydrogen) atoms. The molecular formula is C15H22N4O2S. The van der Waals surface area contributed by atoms with Crippen LogP contribution in [0.25, 0.3) is 10.6 Å². The highest BCUT2D eigenvalue weighted by Gasteiger charge is 2.30. The summed E-state index contributed by atoms with van der Waals surface area (Å²) < 4.78 is 5.46. The molecule has 2 aromatic heterocycles. The molecule has 0 saturated carbocycles. The zero-order chi connectivity index (χ0) is 15.4. The summed E-state index contributed by atoms with van der Waals surface area (Å²) in [5, 5.41) is 23.3. The number of H-pyrrole nitrogens is 1. The number of nitrogens with zero attached hydrogens (tertiary/aromatic N) is 2. The van der Waals surface area contributed by atoms with Crippen LogP contribution in [0.1, 0.15) is 5.69 Å². The van der Waals surface area contributed by atoms with Crippen molar-refractivity contribution < 1.29 is 9.84 Å². The molecule has 2 aromatic rings. The minimum atomic E-state index is -0.845. The van der Waals surface area contributed by atoms with Crippen molar-refractivity contribution >= 4 is 11.3 Å². The van der Waals surface area contributed by atoms with E-state index in [2.05, 4.69) is 32.5 Å². The van der Waals surface area contributed by atoms with Crippen molar-refractivity contribution in [2.75, 3.05) is 39.9 Å². The van der Waals surface area contributed by atoms with Gasteiger partial charge in [-0.1, -0.05) is 6.07 Å². The summed E-state index contributed by atoms with van der Waals surface area (Å²) in [5.41, 5.74) is 1.16. The topological polar surface area (TPSA) is 73.4 Å². The van der Waals surface area contributed by atoms with E-state index in [-0.39, 0.29) is 0 Å². The third kappa shape index (κ3) is 3.93. The Hall–Kier alpha value is -1.25. The summed E-state index contributed by atoms with van der Waals surface area (Å²) in [4.78, 5) is 3.24. The van der Waals surface area contributed by atoms with Gasteiger partial charge in [-0.15, -0.1) is 11.3 Å². The number of likely N-dealkylation sites (N-methyl/N-ethyl adjacent to an activating group) is 1. The molecule has 0 aliphatic carbocycles. The first kappa shape index (κ1) is 15.6. The van der Waals surface area contributed by atoms with Crippen molar-refractivity contribution in [3.05, 3.63) is 29.3 Å². The summed E-state index contributed by atoms with van der Waals surface area (Å²) in [5.74, 6) is 0. The third-order valence-electron chi connectivity index (χ3n) is 3.66. The average molecular weight is 322 g/mol. The van der Waals surface area contributed by atoms with E-state index in [1.807, 2.05) is 18.5 Å². The van der Waals surface area contributed by atoms with E-state index in [1.54, 1.807) is 11.3 Å². The zero-order valence-electron chi connectivity index (χ0n) is 12.7. The highest BCUT2D eigenvalue weighted by molar-refractivity contribution is 7.13. The molecule has 1 aliphatic rings. The first-order chi connectivity index (χ1) is 10.6. The quantitative estimate of drug-likeness (QED) is 0.763. The van der Waals surface area contributed by atoms with Crippen LogP contribution in [-0.2, 0) is 11.3 Å². The van der Waals surface area contributed by atoms with Crippen LogP contribution in [0.2, 0.25) is 0 Å². The van der Waals surface area contributed by atoms with Crippen LogP contribution in [0.4, 0.5) is 0 Å². The maximum atomic E-state index is 10.6. The number of β-amino-alcohol motifs (C(OH)–C–C–N with tert-alkyl or cyclic N) is 1. The molecule has 0 spiro atoms. The Bertz CT molecular complexity index is 576. The van der Waals surface area contributed by atoms with Crippen LogP contribution in [-0.4, -0.2) is 65.7 Å². The van der Waals surface area contributed by atoms with Crippen LogP contribution in [0.15, 0.2) is 23.6 Å². The maximum Gasteiger partial charge on any atom is 0.113 e. The van der Waals surface area contributed by atoms with Crippen molar-refractivity contribution in [3.63, 3.8) is 0 Å². The molecule has 1 saturated heterocycles. The minimum Gasteiger partial charge on any atom is -0.385 e. The summed E-state index contributed by atoms with van der Waals surface area (Å²) >= 11 is 1.68. The Morgan fingerprint density at radius 2 is 2.45 bits per heavy atom. The van der Waals surface area contributed by atoms with Gasteiger partial charge in [0, 0.05) is 31.9 Å². The van der Waals surface area contributed by atoms with Crippen molar-refractivity contribution in [1.29, 1.82) is 0 Å². The second-order valence-corrected chi connectivity index (χ2v) is 6.83. The smallest absolute Gasteiger partial charge is 0.113 e. The van der Waals surface area contributed by atoms with Crippen molar-refractivity contribution in [2.24, 2.45) is 0 Å². The fourth-order valence-corrected chi connectivity index (χ4v) is 3.41. The molecule has 7 heteroatoms. The summed E-state index contributed by atoms with van der Waals surface area (Å²) in [6.07, 6.45) is 0. The molecule has 0 radical (unpaired) electrons. The first-order valence-electron chi connectivity index (χ1n) is 7.42. The van der Waals surface area contributed by atoms with Gasteiger partial charge >= 0.3 is 0 Å². The third-order valence-corrected chi connectivity index (χ3v) is 4.55. The molecule has 1 atom stereocenters. The average Bonchev–Trinajstić information content (AvgIpc) is 3.09. The molecule has 6 nitrogen and oxygen atoms in total. The van der Waals surface area contributed by atoms with Gasteiger partial charge in [-0.05, 0) is 24.6 Å². The van der Waals surface area contributed by atoms with Gasteiger partial charge in [0.25, 0.3) is 0 Å². The maximum absolute atomic E-state index is 10.6. The van der Waals surface area contributed by atoms with E-state index >= 15 is 0 Å². The fraction of sp³-hybridized carbons (Fsp3) is 0.533. The van der Waals surface area contributed by atoms with Gasteiger partial charge < -0.3 is 15.2 Å². The van der Waals surface area contributed by atoms with Gasteiger partial charge in [-0.2, -0.15) is 5.10 Å². The molecular weight excluding hydrogens is 300 g/mol. The predicted octanol–water partition coefficient (Wildman–Crippen LogP) is 0.921. The molecule has 0 bridgehead atoms. The Morgan fingerprint density at radius 3 is 3.27 bits per heavy atom. The number of ether oxygens (including phenoxy) is 1. The summed E-state index contributed by atoms with van der Waals surface area (Å²) in [7, 11) is 1.99. The van der Waals surface area contributed by atoms with E-state index in [9.17, 15) is 5.11 Å². The molecule has 0 aromatic carbocycles. The Kier molecular flexibility index (Phi) is 4.90. The lowest BCUT2D eigenvalue weighted by atomic mass is 10.1. The monoisotopic (exact) mass is 322 g/mol. The van der Waals surface area contributed by atoms with Gasteiger partial charge in [0.05, 0.1) is 18.1 Å². The number of aromatic amines is 1. The lowest BCUT2D eigenvalue weighted by Crippen LogP contribution is -2.50. The number of aromatic nitrogens is 2. The largest absolute Gasteiger partial charge is 0.385 e. The molecule has 3 heterocycles. The highest BCUT2D eigenvalue weighted by atomic mass is 32.1. The van der Waals surface area contributed by atoms with Crippen molar-refractivity contribution in [1.82, 2.24) is 20.4 Å². The standard InChI is InChI=1S/C15H22N4O2S/c1-19(10-15(20)9-16-4-5-21-11-15)8-12-7-13(18-17-12)14-3-2-6-22-14/h2-3,6-7,16,20H,4-5,8-11H2,1H3,(H,17,18). The van der Waals surface area contributed by atoms with E-state index < -0.39 is 5.60 Å². The Balaban J connectivity index is 1.58. The minimum absolute atomic E-state index is 0.369. The van der Waals surface area contributed by atoms with Crippen LogP contribution in [0.3, 0.4) is 0 Å². The summed E-state index contributed by atoms with van der Waals surface area (Å²) in [6, 6.07) is 6.15. The summed E-state index contributed by atoms with van der Waals surface area (Å²) in [6.45, 7) is 3.62. The number of rotatable bonds is 5. The fourth-order valence-electron chi connectivity index (χ4n) is 2.72.